The first kappa shape index (κ1) is 14.3. The van der Waals surface area contributed by atoms with Crippen LogP contribution in [0, 0.1) is 5.92 Å². The monoisotopic (exact) mass is 274 g/mol. The van der Waals surface area contributed by atoms with Crippen molar-refractivity contribution >= 4 is 9.84 Å². The average molecular weight is 274 g/mol. The molecule has 0 aliphatic carbocycles. The van der Waals surface area contributed by atoms with Gasteiger partial charge in [0.2, 0.25) is 0 Å². The molecule has 0 radical (unpaired) electrons. The molecule has 0 spiro atoms. The fourth-order valence-electron chi connectivity index (χ4n) is 3.13. The van der Waals surface area contributed by atoms with Crippen LogP contribution in [0.25, 0.3) is 0 Å². The Morgan fingerprint density at radius 2 is 2.17 bits per heavy atom. The Balaban J connectivity index is 1.78. The summed E-state index contributed by atoms with van der Waals surface area (Å²) in [5.74, 6) is 1.50. The zero-order valence-corrected chi connectivity index (χ0v) is 12.2. The van der Waals surface area contributed by atoms with E-state index >= 15 is 0 Å². The van der Waals surface area contributed by atoms with E-state index in [0.29, 0.717) is 23.5 Å². The maximum atomic E-state index is 11.7. The lowest BCUT2D eigenvalue weighted by Crippen LogP contribution is -2.42. The smallest absolute Gasteiger partial charge is 0.151 e. The highest BCUT2D eigenvalue weighted by atomic mass is 32.2. The molecular formula is C13H26N2O2S. The average Bonchev–Trinajstić information content (AvgIpc) is 2.77. The Morgan fingerprint density at radius 3 is 2.89 bits per heavy atom. The molecule has 2 aliphatic rings. The maximum Gasteiger partial charge on any atom is 0.151 e. The first-order valence-corrected chi connectivity index (χ1v) is 9.08. The van der Waals surface area contributed by atoms with Crippen LogP contribution in [-0.4, -0.2) is 57.0 Å². The van der Waals surface area contributed by atoms with E-state index in [4.69, 9.17) is 0 Å². The third-order valence-corrected chi connectivity index (χ3v) is 5.94. The van der Waals surface area contributed by atoms with Crippen molar-refractivity contribution in [1.82, 2.24) is 10.2 Å². The summed E-state index contributed by atoms with van der Waals surface area (Å²) in [6.45, 7) is 6.52. The van der Waals surface area contributed by atoms with Crippen LogP contribution in [0.3, 0.4) is 0 Å². The molecule has 0 aromatic heterocycles. The largest absolute Gasteiger partial charge is 0.316 e. The van der Waals surface area contributed by atoms with Crippen LogP contribution in [-0.2, 0) is 9.84 Å². The highest BCUT2D eigenvalue weighted by molar-refractivity contribution is 7.91. The van der Waals surface area contributed by atoms with Crippen molar-refractivity contribution in [3.8, 4) is 0 Å². The van der Waals surface area contributed by atoms with E-state index in [1.165, 1.54) is 12.8 Å². The van der Waals surface area contributed by atoms with Crippen LogP contribution >= 0.6 is 0 Å². The topological polar surface area (TPSA) is 49.4 Å². The molecule has 0 saturated carbocycles. The normalized spacial score (nSPS) is 32.7. The summed E-state index contributed by atoms with van der Waals surface area (Å²) in [4.78, 5) is 2.41. The van der Waals surface area contributed by atoms with Crippen molar-refractivity contribution in [2.75, 3.05) is 37.7 Å². The zero-order valence-electron chi connectivity index (χ0n) is 11.4. The van der Waals surface area contributed by atoms with Gasteiger partial charge >= 0.3 is 0 Å². The van der Waals surface area contributed by atoms with Gasteiger partial charge < -0.3 is 5.32 Å². The molecule has 18 heavy (non-hydrogen) atoms. The molecule has 106 valence electrons. The van der Waals surface area contributed by atoms with Gasteiger partial charge in [0.1, 0.15) is 0 Å². The van der Waals surface area contributed by atoms with Crippen LogP contribution in [0.5, 0.6) is 0 Å². The molecule has 1 N–H and O–H groups in total. The minimum atomic E-state index is -2.77. The van der Waals surface area contributed by atoms with Crippen LogP contribution in [0.2, 0.25) is 0 Å². The number of hydrogen-bond donors (Lipinski definition) is 1. The first-order valence-electron chi connectivity index (χ1n) is 7.26. The van der Waals surface area contributed by atoms with Gasteiger partial charge in [0, 0.05) is 12.6 Å². The minimum absolute atomic E-state index is 0.292. The Labute approximate surface area is 111 Å². The summed E-state index contributed by atoms with van der Waals surface area (Å²) in [5.41, 5.74) is 0. The van der Waals surface area contributed by atoms with E-state index in [2.05, 4.69) is 17.1 Å². The Bertz CT molecular complexity index is 356. The fourth-order valence-corrected chi connectivity index (χ4v) is 4.87. The molecule has 0 bridgehead atoms. The molecule has 2 saturated heterocycles. The number of sulfone groups is 1. The van der Waals surface area contributed by atoms with Gasteiger partial charge in [0.25, 0.3) is 0 Å². The lowest BCUT2D eigenvalue weighted by molar-refractivity contribution is 0.233. The summed E-state index contributed by atoms with van der Waals surface area (Å²) in [7, 11) is -2.77. The highest BCUT2D eigenvalue weighted by Crippen LogP contribution is 2.24. The van der Waals surface area contributed by atoms with Gasteiger partial charge in [-0.2, -0.15) is 0 Å². The quantitative estimate of drug-likeness (QED) is 0.756. The highest BCUT2D eigenvalue weighted by Gasteiger charge is 2.33. The predicted molar refractivity (Wildman–Crippen MR) is 74.5 cm³/mol. The second kappa shape index (κ2) is 6.35. The van der Waals surface area contributed by atoms with Gasteiger partial charge in [0.15, 0.2) is 9.84 Å². The van der Waals surface area contributed by atoms with Crippen molar-refractivity contribution < 1.29 is 8.42 Å². The molecule has 2 unspecified atom stereocenters. The lowest BCUT2D eigenvalue weighted by atomic mass is 10.1. The predicted octanol–water partition coefficient (Wildman–Crippen LogP) is 0.885. The fraction of sp³-hybridized carbons (Fsp3) is 1.00. The van der Waals surface area contributed by atoms with E-state index in [1.807, 2.05) is 0 Å². The van der Waals surface area contributed by atoms with Crippen molar-refractivity contribution in [1.29, 1.82) is 0 Å². The van der Waals surface area contributed by atoms with E-state index in [-0.39, 0.29) is 0 Å². The lowest BCUT2D eigenvalue weighted by Gasteiger charge is -2.30. The van der Waals surface area contributed by atoms with Crippen LogP contribution < -0.4 is 5.32 Å². The van der Waals surface area contributed by atoms with Gasteiger partial charge in [-0.05, 0) is 51.2 Å². The molecule has 4 nitrogen and oxygen atoms in total. The van der Waals surface area contributed by atoms with E-state index < -0.39 is 9.84 Å². The van der Waals surface area contributed by atoms with E-state index in [9.17, 15) is 8.42 Å². The third kappa shape index (κ3) is 3.93. The standard InChI is InChI=1S/C13H26N2O2S/c1-2-6-14-9-12-5-7-15(10-12)13-4-3-8-18(16,17)11-13/h12-14H,2-11H2,1H3. The number of hydrogen-bond acceptors (Lipinski definition) is 4. The number of likely N-dealkylation sites (tertiary alicyclic amines) is 1. The van der Waals surface area contributed by atoms with Gasteiger partial charge in [0.05, 0.1) is 11.5 Å². The van der Waals surface area contributed by atoms with E-state index in [0.717, 1.165) is 39.0 Å². The van der Waals surface area contributed by atoms with Crippen molar-refractivity contribution in [2.45, 2.75) is 38.6 Å². The van der Waals surface area contributed by atoms with Gasteiger partial charge in [-0.1, -0.05) is 6.92 Å². The van der Waals surface area contributed by atoms with Crippen molar-refractivity contribution in [3.05, 3.63) is 0 Å². The van der Waals surface area contributed by atoms with Gasteiger partial charge in [-0.3, -0.25) is 4.90 Å². The molecule has 2 heterocycles. The SMILES string of the molecule is CCCNCC1CCN(C2CCCS(=O)(=O)C2)C1. The summed E-state index contributed by atoms with van der Waals surface area (Å²) in [6, 6.07) is 0.292. The second-order valence-electron chi connectivity index (χ2n) is 5.76. The molecule has 2 atom stereocenters. The van der Waals surface area contributed by atoms with E-state index in [1.54, 1.807) is 0 Å². The van der Waals surface area contributed by atoms with Crippen LogP contribution in [0.1, 0.15) is 32.6 Å². The molecule has 2 rings (SSSR count). The molecule has 2 aliphatic heterocycles. The Morgan fingerprint density at radius 1 is 1.33 bits per heavy atom. The second-order valence-corrected chi connectivity index (χ2v) is 7.99. The number of rotatable bonds is 5. The number of nitrogens with one attached hydrogen (secondary N) is 1. The Hall–Kier alpha value is -0.130. The van der Waals surface area contributed by atoms with Crippen molar-refractivity contribution in [3.63, 3.8) is 0 Å². The third-order valence-electron chi connectivity index (χ3n) is 4.13. The van der Waals surface area contributed by atoms with Gasteiger partial charge in [-0.15, -0.1) is 0 Å². The summed E-state index contributed by atoms with van der Waals surface area (Å²) >= 11 is 0. The first-order chi connectivity index (χ1) is 8.61. The summed E-state index contributed by atoms with van der Waals surface area (Å²) in [6.07, 6.45) is 4.31. The molecule has 0 aromatic rings. The molecule has 2 fully saturated rings. The summed E-state index contributed by atoms with van der Waals surface area (Å²) in [5, 5.41) is 3.47. The molecule has 0 aromatic carbocycles. The number of nitrogens with zero attached hydrogens (tertiary/aromatic N) is 1. The maximum absolute atomic E-state index is 11.7. The molecule has 0 amide bonds. The van der Waals surface area contributed by atoms with Crippen LogP contribution in [0.15, 0.2) is 0 Å². The zero-order chi connectivity index (χ0) is 13.0. The Kier molecular flexibility index (Phi) is 5.04. The summed E-state index contributed by atoms with van der Waals surface area (Å²) < 4.78 is 23.3. The van der Waals surface area contributed by atoms with Crippen LogP contribution in [0.4, 0.5) is 0 Å². The minimum Gasteiger partial charge on any atom is -0.316 e. The molecule has 5 heteroatoms. The van der Waals surface area contributed by atoms with Crippen molar-refractivity contribution in [2.24, 2.45) is 5.92 Å². The molecular weight excluding hydrogens is 248 g/mol. The van der Waals surface area contributed by atoms with Gasteiger partial charge in [-0.25, -0.2) is 8.42 Å².